The highest BCUT2D eigenvalue weighted by Gasteiger charge is 2.15. The highest BCUT2D eigenvalue weighted by atomic mass is 16.2. The Balaban J connectivity index is 3.79. The molecule has 0 bridgehead atoms. The monoisotopic (exact) mass is 186 g/mol. The largest absolute Gasteiger partial charge is 0.344 e. The topological polar surface area (TPSA) is 46.3 Å². The Morgan fingerprint density at radius 1 is 1.38 bits per heavy atom. The van der Waals surface area contributed by atoms with Crippen LogP contribution in [-0.4, -0.2) is 30.4 Å². The second-order valence-corrected chi connectivity index (χ2v) is 3.51. The maximum Gasteiger partial charge on any atom is 0.239 e. The van der Waals surface area contributed by atoms with Gasteiger partial charge in [-0.3, -0.25) is 4.79 Å². The van der Waals surface area contributed by atoms with Crippen molar-refractivity contribution in [2.45, 2.75) is 45.6 Å². The third kappa shape index (κ3) is 4.88. The average Bonchev–Trinajstić information content (AvgIpc) is 2.13. The van der Waals surface area contributed by atoms with Crippen molar-refractivity contribution in [1.82, 2.24) is 4.90 Å². The lowest BCUT2D eigenvalue weighted by molar-refractivity contribution is -0.131. The Bertz CT molecular complexity index is 148. The van der Waals surface area contributed by atoms with E-state index in [2.05, 4.69) is 6.92 Å². The maximum atomic E-state index is 11.5. The minimum atomic E-state index is -0.299. The zero-order valence-corrected chi connectivity index (χ0v) is 9.05. The number of hydrogen-bond donors (Lipinski definition) is 1. The van der Waals surface area contributed by atoms with Crippen molar-refractivity contribution in [3.05, 3.63) is 0 Å². The van der Waals surface area contributed by atoms with E-state index in [-0.39, 0.29) is 11.9 Å². The number of unbranched alkanes of at least 4 members (excludes halogenated alkanes) is 1. The van der Waals surface area contributed by atoms with Crippen molar-refractivity contribution in [2.75, 3.05) is 13.6 Å². The first-order valence-electron chi connectivity index (χ1n) is 5.14. The molecule has 0 spiro atoms. The van der Waals surface area contributed by atoms with Crippen LogP contribution in [0.2, 0.25) is 0 Å². The van der Waals surface area contributed by atoms with Crippen LogP contribution in [0, 0.1) is 0 Å². The van der Waals surface area contributed by atoms with Crippen molar-refractivity contribution in [1.29, 1.82) is 0 Å². The first kappa shape index (κ1) is 12.4. The quantitative estimate of drug-likeness (QED) is 0.681. The molecule has 0 unspecified atom stereocenters. The molecule has 0 rings (SSSR count). The van der Waals surface area contributed by atoms with Crippen LogP contribution in [-0.2, 0) is 4.79 Å². The van der Waals surface area contributed by atoms with E-state index >= 15 is 0 Å². The third-order valence-corrected chi connectivity index (χ3v) is 2.14. The Labute approximate surface area is 81.3 Å². The summed E-state index contributed by atoms with van der Waals surface area (Å²) in [6, 6.07) is -0.299. The van der Waals surface area contributed by atoms with Gasteiger partial charge in [0.15, 0.2) is 0 Å². The molecule has 0 aliphatic heterocycles. The molecule has 0 aromatic carbocycles. The summed E-state index contributed by atoms with van der Waals surface area (Å²) in [5, 5.41) is 0. The van der Waals surface area contributed by atoms with E-state index < -0.39 is 0 Å². The van der Waals surface area contributed by atoms with Gasteiger partial charge in [-0.15, -0.1) is 0 Å². The number of nitrogens with two attached hydrogens (primary N) is 1. The number of amides is 1. The lowest BCUT2D eigenvalue weighted by atomic mass is 10.1. The van der Waals surface area contributed by atoms with Gasteiger partial charge in [0.1, 0.15) is 0 Å². The molecule has 2 N–H and O–H groups in total. The van der Waals surface area contributed by atoms with E-state index in [1.165, 1.54) is 0 Å². The van der Waals surface area contributed by atoms with Gasteiger partial charge in [0.2, 0.25) is 5.91 Å². The number of carbonyl (C=O) groups excluding carboxylic acids is 1. The fraction of sp³-hybridized carbons (Fsp3) is 0.900. The smallest absolute Gasteiger partial charge is 0.239 e. The highest BCUT2D eigenvalue weighted by Crippen LogP contribution is 1.99. The number of hydrogen-bond acceptors (Lipinski definition) is 2. The fourth-order valence-corrected chi connectivity index (χ4v) is 1.22. The molecule has 1 atom stereocenters. The Hall–Kier alpha value is -0.570. The van der Waals surface area contributed by atoms with Crippen LogP contribution in [0.4, 0.5) is 0 Å². The predicted molar refractivity (Wildman–Crippen MR) is 55.4 cm³/mol. The zero-order valence-electron chi connectivity index (χ0n) is 9.05. The van der Waals surface area contributed by atoms with Gasteiger partial charge in [-0.2, -0.15) is 0 Å². The summed E-state index contributed by atoms with van der Waals surface area (Å²) in [7, 11) is 1.83. The van der Waals surface area contributed by atoms with Crippen molar-refractivity contribution < 1.29 is 4.79 Å². The van der Waals surface area contributed by atoms with Crippen LogP contribution < -0.4 is 5.73 Å². The molecule has 0 heterocycles. The summed E-state index contributed by atoms with van der Waals surface area (Å²) in [4.78, 5) is 13.3. The van der Waals surface area contributed by atoms with Gasteiger partial charge in [-0.25, -0.2) is 0 Å². The van der Waals surface area contributed by atoms with Crippen molar-refractivity contribution in [3.63, 3.8) is 0 Å². The van der Waals surface area contributed by atoms with Crippen LogP contribution in [0.25, 0.3) is 0 Å². The van der Waals surface area contributed by atoms with E-state index in [1.54, 1.807) is 4.90 Å². The lowest BCUT2D eigenvalue weighted by Crippen LogP contribution is -2.41. The molecule has 3 heteroatoms. The summed E-state index contributed by atoms with van der Waals surface area (Å²) >= 11 is 0. The van der Waals surface area contributed by atoms with Gasteiger partial charge in [0.25, 0.3) is 0 Å². The van der Waals surface area contributed by atoms with Crippen LogP contribution in [0.1, 0.15) is 39.5 Å². The summed E-state index contributed by atoms with van der Waals surface area (Å²) in [5.41, 5.74) is 5.71. The molecule has 0 aliphatic rings. The minimum Gasteiger partial charge on any atom is -0.344 e. The van der Waals surface area contributed by atoms with Gasteiger partial charge >= 0.3 is 0 Å². The highest BCUT2D eigenvalue weighted by molar-refractivity contribution is 5.81. The molecule has 0 saturated heterocycles. The average molecular weight is 186 g/mol. The molecule has 3 nitrogen and oxygen atoms in total. The molecule has 0 saturated carbocycles. The van der Waals surface area contributed by atoms with E-state index in [0.717, 1.165) is 32.2 Å². The minimum absolute atomic E-state index is 0.0790. The van der Waals surface area contributed by atoms with E-state index in [4.69, 9.17) is 5.73 Å². The summed E-state index contributed by atoms with van der Waals surface area (Å²) < 4.78 is 0. The first-order chi connectivity index (χ1) is 6.13. The van der Waals surface area contributed by atoms with Crippen LogP contribution >= 0.6 is 0 Å². The number of carbonyl (C=O) groups is 1. The molecular formula is C10H22N2O. The van der Waals surface area contributed by atoms with Crippen LogP contribution in [0.3, 0.4) is 0 Å². The molecule has 78 valence electrons. The molecule has 0 aliphatic carbocycles. The second kappa shape index (κ2) is 6.89. The standard InChI is InChI=1S/C10H22N2O/c1-4-6-8-12(3)10(13)9(11)7-5-2/h9H,4-8,11H2,1-3H3/t9-/m0/s1. The molecule has 0 aromatic rings. The van der Waals surface area contributed by atoms with Gasteiger partial charge in [-0.05, 0) is 12.8 Å². The van der Waals surface area contributed by atoms with E-state index in [1.807, 2.05) is 14.0 Å². The van der Waals surface area contributed by atoms with Crippen molar-refractivity contribution in [3.8, 4) is 0 Å². The maximum absolute atomic E-state index is 11.5. The second-order valence-electron chi connectivity index (χ2n) is 3.51. The summed E-state index contributed by atoms with van der Waals surface area (Å²) in [6.45, 7) is 4.98. The van der Waals surface area contributed by atoms with Crippen molar-refractivity contribution >= 4 is 5.91 Å². The Kier molecular flexibility index (Phi) is 6.59. The summed E-state index contributed by atoms with van der Waals surface area (Å²) in [6.07, 6.45) is 3.92. The SMILES string of the molecule is CCCCN(C)C(=O)[C@@H](N)CCC. The molecule has 13 heavy (non-hydrogen) atoms. The summed E-state index contributed by atoms with van der Waals surface area (Å²) in [5.74, 6) is 0.0790. The molecule has 0 fully saturated rings. The predicted octanol–water partition coefficient (Wildman–Crippen LogP) is 1.37. The number of nitrogens with zero attached hydrogens (tertiary/aromatic N) is 1. The van der Waals surface area contributed by atoms with Gasteiger partial charge < -0.3 is 10.6 Å². The number of likely N-dealkylation sites (N-methyl/N-ethyl adjacent to an activating group) is 1. The van der Waals surface area contributed by atoms with Crippen molar-refractivity contribution in [2.24, 2.45) is 5.73 Å². The zero-order chi connectivity index (χ0) is 10.3. The van der Waals surface area contributed by atoms with E-state index in [0.29, 0.717) is 0 Å². The molecule has 0 aromatic heterocycles. The Morgan fingerprint density at radius 3 is 2.46 bits per heavy atom. The van der Waals surface area contributed by atoms with Gasteiger partial charge in [0, 0.05) is 13.6 Å². The van der Waals surface area contributed by atoms with E-state index in [9.17, 15) is 4.79 Å². The molecule has 1 amide bonds. The van der Waals surface area contributed by atoms with Crippen LogP contribution in [0.5, 0.6) is 0 Å². The molecular weight excluding hydrogens is 164 g/mol. The van der Waals surface area contributed by atoms with Gasteiger partial charge in [0.05, 0.1) is 6.04 Å². The Morgan fingerprint density at radius 2 is 2.00 bits per heavy atom. The first-order valence-corrected chi connectivity index (χ1v) is 5.14. The normalized spacial score (nSPS) is 12.6. The fourth-order valence-electron chi connectivity index (χ4n) is 1.22. The van der Waals surface area contributed by atoms with Crippen LogP contribution in [0.15, 0.2) is 0 Å². The lowest BCUT2D eigenvalue weighted by Gasteiger charge is -2.20. The number of rotatable bonds is 6. The molecule has 0 radical (unpaired) electrons. The third-order valence-electron chi connectivity index (χ3n) is 2.14. The van der Waals surface area contributed by atoms with Gasteiger partial charge in [-0.1, -0.05) is 26.7 Å².